The second kappa shape index (κ2) is 10.4. The van der Waals surface area contributed by atoms with Gasteiger partial charge in [-0.15, -0.1) is 0 Å². The van der Waals surface area contributed by atoms with E-state index in [0.717, 1.165) is 49.9 Å². The van der Waals surface area contributed by atoms with Gasteiger partial charge in [0.1, 0.15) is 0 Å². The molecular formula is C27H30F3N3O. The topological polar surface area (TPSA) is 37.3 Å². The number of amides is 2. The lowest BCUT2D eigenvalue weighted by molar-refractivity contribution is -0.137. The third-order valence-corrected chi connectivity index (χ3v) is 6.41. The van der Waals surface area contributed by atoms with E-state index in [1.807, 2.05) is 24.4 Å². The number of aromatic nitrogens is 1. The average Bonchev–Trinajstić information content (AvgIpc) is 3.24. The number of benzene rings is 2. The van der Waals surface area contributed by atoms with E-state index in [0.29, 0.717) is 13.1 Å². The van der Waals surface area contributed by atoms with Crippen molar-refractivity contribution in [2.24, 2.45) is 0 Å². The number of halogens is 3. The maximum absolute atomic E-state index is 13.3. The molecule has 0 saturated heterocycles. The molecule has 4 rings (SSSR count). The second-order valence-corrected chi connectivity index (χ2v) is 9.04. The summed E-state index contributed by atoms with van der Waals surface area (Å²) in [6, 6.07) is 16.8. The third-order valence-electron chi connectivity index (χ3n) is 6.41. The van der Waals surface area contributed by atoms with Crippen molar-refractivity contribution in [3.8, 4) is 0 Å². The van der Waals surface area contributed by atoms with Crippen molar-refractivity contribution < 1.29 is 18.0 Å². The van der Waals surface area contributed by atoms with E-state index in [2.05, 4.69) is 35.0 Å². The highest BCUT2D eigenvalue weighted by molar-refractivity contribution is 5.89. The summed E-state index contributed by atoms with van der Waals surface area (Å²) >= 11 is 0. The molecule has 2 aromatic carbocycles. The molecule has 0 radical (unpaired) electrons. The Morgan fingerprint density at radius 2 is 1.79 bits per heavy atom. The molecule has 7 heteroatoms. The van der Waals surface area contributed by atoms with E-state index in [-0.39, 0.29) is 17.8 Å². The summed E-state index contributed by atoms with van der Waals surface area (Å²) in [4.78, 5) is 15.1. The van der Waals surface area contributed by atoms with Crippen LogP contribution < -0.4 is 5.32 Å². The number of aryl methyl sites for hydroxylation is 1. The van der Waals surface area contributed by atoms with Crippen LogP contribution in [0.15, 0.2) is 66.9 Å². The lowest BCUT2D eigenvalue weighted by atomic mass is 9.94. The molecule has 0 bridgehead atoms. The zero-order chi connectivity index (χ0) is 24.1. The average molecular weight is 470 g/mol. The van der Waals surface area contributed by atoms with Crippen LogP contribution in [0.25, 0.3) is 0 Å². The Balaban J connectivity index is 1.54. The quantitative estimate of drug-likeness (QED) is 0.406. The number of anilines is 1. The van der Waals surface area contributed by atoms with Gasteiger partial charge in [0.2, 0.25) is 0 Å². The Kier molecular flexibility index (Phi) is 7.29. The minimum atomic E-state index is -4.46. The number of carbonyl (C=O) groups is 1. The molecule has 0 atom stereocenters. The molecule has 2 amide bonds. The van der Waals surface area contributed by atoms with Crippen molar-refractivity contribution >= 4 is 11.7 Å². The van der Waals surface area contributed by atoms with Crippen LogP contribution in [0.1, 0.15) is 54.5 Å². The smallest absolute Gasteiger partial charge is 0.345 e. The van der Waals surface area contributed by atoms with Crippen LogP contribution in [0, 0.1) is 6.92 Å². The number of alkyl halides is 3. The van der Waals surface area contributed by atoms with Gasteiger partial charge in [-0.1, -0.05) is 55.2 Å². The lowest BCUT2D eigenvalue weighted by Crippen LogP contribution is -2.43. The minimum Gasteiger partial charge on any atom is -0.345 e. The van der Waals surface area contributed by atoms with Gasteiger partial charge in [0.05, 0.1) is 12.1 Å². The fraction of sp³-hybridized carbons (Fsp3) is 0.370. The molecule has 1 N–H and O–H groups in total. The van der Waals surface area contributed by atoms with Gasteiger partial charge in [-0.3, -0.25) is 0 Å². The zero-order valence-electron chi connectivity index (χ0n) is 19.3. The summed E-state index contributed by atoms with van der Waals surface area (Å²) in [7, 11) is 0. The molecule has 0 unspecified atom stereocenters. The SMILES string of the molecule is Cc1cccc(Cn2cccc2CN(C(=O)Nc2cccc(C(F)(F)F)c2)C2CCCCC2)c1. The highest BCUT2D eigenvalue weighted by Crippen LogP contribution is 2.31. The van der Waals surface area contributed by atoms with Crippen LogP contribution in [0.5, 0.6) is 0 Å². The molecule has 34 heavy (non-hydrogen) atoms. The van der Waals surface area contributed by atoms with Gasteiger partial charge in [-0.25, -0.2) is 4.79 Å². The van der Waals surface area contributed by atoms with Gasteiger partial charge >= 0.3 is 12.2 Å². The monoisotopic (exact) mass is 469 g/mol. The normalized spacial score (nSPS) is 14.7. The predicted molar refractivity (Wildman–Crippen MR) is 128 cm³/mol. The Bertz CT molecular complexity index is 1120. The van der Waals surface area contributed by atoms with E-state index in [1.165, 1.54) is 23.3 Å². The molecule has 1 saturated carbocycles. The van der Waals surface area contributed by atoms with E-state index >= 15 is 0 Å². The van der Waals surface area contributed by atoms with Gasteiger partial charge in [0, 0.05) is 30.2 Å². The molecule has 0 spiro atoms. The van der Waals surface area contributed by atoms with Crippen LogP contribution in [0.2, 0.25) is 0 Å². The summed E-state index contributed by atoms with van der Waals surface area (Å²) in [5, 5.41) is 2.72. The standard InChI is InChI=1S/C27H30F3N3O/c1-20-8-5-9-21(16-20)18-32-15-7-14-25(32)19-33(24-12-3-2-4-13-24)26(34)31-23-11-6-10-22(17-23)27(28,29)30/h5-11,14-17,24H,2-4,12-13,18-19H2,1H3,(H,31,34). The number of nitrogens with one attached hydrogen (secondary N) is 1. The summed E-state index contributed by atoms with van der Waals surface area (Å²) in [6.07, 6.45) is 2.57. The number of urea groups is 1. The minimum absolute atomic E-state index is 0.0573. The van der Waals surface area contributed by atoms with Gasteiger partial charge in [-0.05, 0) is 55.7 Å². The summed E-state index contributed by atoms with van der Waals surface area (Å²) in [5.41, 5.74) is 2.73. The number of carbonyl (C=O) groups excluding carboxylic acids is 1. The first kappa shape index (κ1) is 23.9. The summed E-state index contributed by atoms with van der Waals surface area (Å²) < 4.78 is 41.5. The Morgan fingerprint density at radius 3 is 2.53 bits per heavy atom. The Labute approximate surface area is 198 Å². The first-order valence-corrected chi connectivity index (χ1v) is 11.7. The van der Waals surface area contributed by atoms with Crippen molar-refractivity contribution in [2.45, 2.75) is 64.3 Å². The number of rotatable bonds is 6. The highest BCUT2D eigenvalue weighted by atomic mass is 19.4. The molecule has 3 aromatic rings. The predicted octanol–water partition coefficient (Wildman–Crippen LogP) is 7.23. The first-order chi connectivity index (χ1) is 16.3. The zero-order valence-corrected chi connectivity index (χ0v) is 19.3. The molecule has 1 heterocycles. The summed E-state index contributed by atoms with van der Waals surface area (Å²) in [5.74, 6) is 0. The van der Waals surface area contributed by atoms with Gasteiger partial charge in [0.25, 0.3) is 0 Å². The van der Waals surface area contributed by atoms with E-state index in [9.17, 15) is 18.0 Å². The largest absolute Gasteiger partial charge is 0.416 e. The van der Waals surface area contributed by atoms with Crippen molar-refractivity contribution in [3.05, 3.63) is 89.2 Å². The molecule has 1 aromatic heterocycles. The maximum Gasteiger partial charge on any atom is 0.416 e. The summed E-state index contributed by atoms with van der Waals surface area (Å²) in [6.45, 7) is 3.15. The van der Waals surface area contributed by atoms with Crippen molar-refractivity contribution in [1.29, 1.82) is 0 Å². The Morgan fingerprint density at radius 1 is 1.03 bits per heavy atom. The number of nitrogens with zero attached hydrogens (tertiary/aromatic N) is 2. The first-order valence-electron chi connectivity index (χ1n) is 11.7. The fourth-order valence-corrected chi connectivity index (χ4v) is 4.66. The molecule has 180 valence electrons. The van der Waals surface area contributed by atoms with E-state index in [1.54, 1.807) is 4.90 Å². The van der Waals surface area contributed by atoms with Crippen LogP contribution in [-0.2, 0) is 19.3 Å². The highest BCUT2D eigenvalue weighted by Gasteiger charge is 2.31. The Hall–Kier alpha value is -3.22. The van der Waals surface area contributed by atoms with Crippen LogP contribution in [0.3, 0.4) is 0 Å². The second-order valence-electron chi connectivity index (χ2n) is 9.04. The molecule has 0 aliphatic heterocycles. The van der Waals surface area contributed by atoms with E-state index < -0.39 is 11.7 Å². The maximum atomic E-state index is 13.3. The van der Waals surface area contributed by atoms with Crippen LogP contribution in [-0.4, -0.2) is 21.5 Å². The van der Waals surface area contributed by atoms with Gasteiger partial charge in [-0.2, -0.15) is 13.2 Å². The van der Waals surface area contributed by atoms with Crippen molar-refractivity contribution in [1.82, 2.24) is 9.47 Å². The third kappa shape index (κ3) is 6.01. The van der Waals surface area contributed by atoms with Crippen LogP contribution >= 0.6 is 0 Å². The van der Waals surface area contributed by atoms with E-state index in [4.69, 9.17) is 0 Å². The van der Waals surface area contributed by atoms with Gasteiger partial charge < -0.3 is 14.8 Å². The van der Waals surface area contributed by atoms with Gasteiger partial charge in [0.15, 0.2) is 0 Å². The van der Waals surface area contributed by atoms with Crippen molar-refractivity contribution in [2.75, 3.05) is 5.32 Å². The molecule has 4 nitrogen and oxygen atoms in total. The molecule has 1 fully saturated rings. The lowest BCUT2D eigenvalue weighted by Gasteiger charge is -2.34. The molecule has 1 aliphatic carbocycles. The number of hydrogen-bond acceptors (Lipinski definition) is 1. The molecule has 1 aliphatic rings. The number of hydrogen-bond donors (Lipinski definition) is 1. The fourth-order valence-electron chi connectivity index (χ4n) is 4.66. The molecular weight excluding hydrogens is 439 g/mol. The van der Waals surface area contributed by atoms with Crippen LogP contribution in [0.4, 0.5) is 23.7 Å². The van der Waals surface area contributed by atoms with Crippen molar-refractivity contribution in [3.63, 3.8) is 0 Å².